The van der Waals surface area contributed by atoms with Crippen molar-refractivity contribution >= 4 is 29.2 Å². The largest absolute Gasteiger partial charge is 0.482 e. The van der Waals surface area contributed by atoms with Crippen LogP contribution < -0.4 is 15.0 Å². The summed E-state index contributed by atoms with van der Waals surface area (Å²) in [5.41, 5.74) is 4.11. The number of carbonyl (C=O) groups excluding carboxylic acids is 2. The Morgan fingerprint density at radius 1 is 1.11 bits per heavy atom. The van der Waals surface area contributed by atoms with Crippen molar-refractivity contribution in [2.24, 2.45) is 0 Å². The van der Waals surface area contributed by atoms with Gasteiger partial charge in [0.1, 0.15) is 5.75 Å². The number of fused-ring (bicyclic) bond motifs is 1. The number of rotatable bonds is 6. The first-order valence-corrected chi connectivity index (χ1v) is 10.9. The summed E-state index contributed by atoms with van der Waals surface area (Å²) in [7, 11) is 1.34. The van der Waals surface area contributed by atoms with Gasteiger partial charge in [-0.25, -0.2) is 14.8 Å². The summed E-state index contributed by atoms with van der Waals surface area (Å²) in [6, 6.07) is 18.0. The highest BCUT2D eigenvalue weighted by molar-refractivity contribution is 5.98. The minimum atomic E-state index is -0.426. The highest BCUT2D eigenvalue weighted by Gasteiger charge is 2.26. The standard InChI is InChI=1S/C26H21N5O4/c1-34-25(33)19-5-2-6-20(12-19)29-26-28-11-9-21(30-26)18-7-8-23-22(13-18)31(24(32)16-35-23)15-17-4-3-10-27-14-17/h2-14H,15-16H2,1H3,(H,28,29,30). The fraction of sp³-hybridized carbons (Fsp3) is 0.115. The first-order valence-electron chi connectivity index (χ1n) is 10.9. The Morgan fingerprint density at radius 2 is 2.03 bits per heavy atom. The maximum Gasteiger partial charge on any atom is 0.337 e. The molecule has 0 aliphatic carbocycles. The van der Waals surface area contributed by atoms with Crippen LogP contribution in [0.3, 0.4) is 0 Å². The smallest absolute Gasteiger partial charge is 0.337 e. The zero-order valence-corrected chi connectivity index (χ0v) is 18.8. The Balaban J connectivity index is 1.43. The van der Waals surface area contributed by atoms with Gasteiger partial charge < -0.3 is 19.7 Å². The molecule has 9 heteroatoms. The van der Waals surface area contributed by atoms with Crippen LogP contribution in [0, 0.1) is 0 Å². The van der Waals surface area contributed by atoms with E-state index in [9.17, 15) is 9.59 Å². The van der Waals surface area contributed by atoms with Crippen LogP contribution in [0.15, 0.2) is 79.3 Å². The van der Waals surface area contributed by atoms with Crippen molar-refractivity contribution in [3.8, 4) is 17.0 Å². The normalized spacial score (nSPS) is 12.5. The minimum Gasteiger partial charge on any atom is -0.482 e. The lowest BCUT2D eigenvalue weighted by atomic mass is 10.1. The topological polar surface area (TPSA) is 107 Å². The lowest BCUT2D eigenvalue weighted by molar-refractivity contribution is -0.121. The molecule has 1 amide bonds. The molecule has 1 aliphatic heterocycles. The summed E-state index contributed by atoms with van der Waals surface area (Å²) in [5.74, 6) is 0.435. The van der Waals surface area contributed by atoms with Crippen LogP contribution in [-0.4, -0.2) is 40.5 Å². The van der Waals surface area contributed by atoms with Gasteiger partial charge >= 0.3 is 5.97 Å². The fourth-order valence-corrected chi connectivity index (χ4v) is 3.76. The number of methoxy groups -OCH3 is 1. The molecule has 9 nitrogen and oxygen atoms in total. The average molecular weight is 467 g/mol. The van der Waals surface area contributed by atoms with Crippen LogP contribution in [0.2, 0.25) is 0 Å². The number of benzene rings is 2. The van der Waals surface area contributed by atoms with Crippen molar-refractivity contribution in [3.05, 3.63) is 90.4 Å². The van der Waals surface area contributed by atoms with E-state index in [0.717, 1.165) is 11.1 Å². The molecule has 0 bridgehead atoms. The van der Waals surface area contributed by atoms with Gasteiger partial charge in [-0.15, -0.1) is 0 Å². The van der Waals surface area contributed by atoms with Crippen molar-refractivity contribution in [2.75, 3.05) is 23.9 Å². The second kappa shape index (κ2) is 9.60. The SMILES string of the molecule is COC(=O)c1cccc(Nc2nccc(-c3ccc4c(c3)N(Cc3cccnc3)C(=O)CO4)n2)c1. The average Bonchev–Trinajstić information content (AvgIpc) is 2.90. The lowest BCUT2D eigenvalue weighted by Crippen LogP contribution is -2.38. The van der Waals surface area contributed by atoms with Crippen LogP contribution in [0.5, 0.6) is 5.75 Å². The van der Waals surface area contributed by atoms with Crippen LogP contribution in [0.25, 0.3) is 11.3 Å². The molecule has 1 N–H and O–H groups in total. The zero-order valence-electron chi connectivity index (χ0n) is 18.8. The molecular formula is C26H21N5O4. The molecule has 0 spiro atoms. The van der Waals surface area contributed by atoms with Gasteiger partial charge in [0, 0.05) is 29.8 Å². The predicted octanol–water partition coefficient (Wildman–Crippen LogP) is 3.99. The molecule has 4 aromatic rings. The van der Waals surface area contributed by atoms with E-state index in [1.807, 2.05) is 30.3 Å². The van der Waals surface area contributed by atoms with Crippen molar-refractivity contribution in [3.63, 3.8) is 0 Å². The number of amides is 1. The number of nitrogens with zero attached hydrogens (tertiary/aromatic N) is 4. The van der Waals surface area contributed by atoms with E-state index in [2.05, 4.69) is 20.3 Å². The minimum absolute atomic E-state index is 0.0151. The van der Waals surface area contributed by atoms with Crippen LogP contribution in [0.1, 0.15) is 15.9 Å². The summed E-state index contributed by atoms with van der Waals surface area (Å²) in [6.07, 6.45) is 5.08. The quantitative estimate of drug-likeness (QED) is 0.424. The lowest BCUT2D eigenvalue weighted by Gasteiger charge is -2.29. The van der Waals surface area contributed by atoms with Crippen LogP contribution >= 0.6 is 0 Å². The third kappa shape index (κ3) is 4.79. The van der Waals surface area contributed by atoms with E-state index >= 15 is 0 Å². The van der Waals surface area contributed by atoms with E-state index in [-0.39, 0.29) is 12.5 Å². The molecule has 3 heterocycles. The predicted molar refractivity (Wildman–Crippen MR) is 129 cm³/mol. The number of aromatic nitrogens is 3. The monoisotopic (exact) mass is 467 g/mol. The third-order valence-corrected chi connectivity index (χ3v) is 5.46. The number of nitrogens with one attached hydrogen (secondary N) is 1. The number of pyridine rings is 1. The first-order chi connectivity index (χ1) is 17.1. The molecule has 0 saturated carbocycles. The van der Waals surface area contributed by atoms with Crippen molar-refractivity contribution in [2.45, 2.75) is 6.54 Å². The molecule has 174 valence electrons. The Bertz CT molecular complexity index is 1390. The van der Waals surface area contributed by atoms with Gasteiger partial charge in [-0.2, -0.15) is 0 Å². The summed E-state index contributed by atoms with van der Waals surface area (Å²) >= 11 is 0. The number of hydrogen-bond acceptors (Lipinski definition) is 8. The summed E-state index contributed by atoms with van der Waals surface area (Å²) in [6.45, 7) is 0.373. The van der Waals surface area contributed by atoms with Gasteiger partial charge in [0.15, 0.2) is 6.61 Å². The van der Waals surface area contributed by atoms with Crippen LogP contribution in [-0.2, 0) is 16.1 Å². The van der Waals surface area contributed by atoms with E-state index in [0.29, 0.717) is 40.9 Å². The third-order valence-electron chi connectivity index (χ3n) is 5.46. The number of anilines is 3. The van der Waals surface area contributed by atoms with E-state index in [1.54, 1.807) is 53.8 Å². The van der Waals surface area contributed by atoms with Gasteiger partial charge in [-0.05, 0) is 54.1 Å². The second-order valence-corrected chi connectivity index (χ2v) is 7.78. The van der Waals surface area contributed by atoms with Gasteiger partial charge in [0.25, 0.3) is 5.91 Å². The van der Waals surface area contributed by atoms with E-state index < -0.39 is 5.97 Å². The number of esters is 1. The Hall–Kier alpha value is -4.79. The molecule has 0 radical (unpaired) electrons. The molecule has 0 atom stereocenters. The second-order valence-electron chi connectivity index (χ2n) is 7.78. The number of carbonyl (C=O) groups is 2. The Kier molecular flexibility index (Phi) is 6.04. The highest BCUT2D eigenvalue weighted by Crippen LogP contribution is 2.36. The molecule has 1 aliphatic rings. The molecule has 2 aromatic carbocycles. The summed E-state index contributed by atoms with van der Waals surface area (Å²) in [5, 5.41) is 3.12. The number of hydrogen-bond donors (Lipinski definition) is 1. The Morgan fingerprint density at radius 3 is 2.86 bits per heavy atom. The van der Waals surface area contributed by atoms with Gasteiger partial charge in [0.05, 0.1) is 30.6 Å². The van der Waals surface area contributed by atoms with Crippen LogP contribution in [0.4, 0.5) is 17.3 Å². The van der Waals surface area contributed by atoms with E-state index in [4.69, 9.17) is 9.47 Å². The summed E-state index contributed by atoms with van der Waals surface area (Å²) < 4.78 is 10.4. The van der Waals surface area contributed by atoms with E-state index in [1.165, 1.54) is 7.11 Å². The Labute approximate surface area is 201 Å². The molecule has 35 heavy (non-hydrogen) atoms. The summed E-state index contributed by atoms with van der Waals surface area (Å²) in [4.78, 5) is 39.2. The first kappa shape index (κ1) is 22.0. The maximum absolute atomic E-state index is 12.7. The number of ether oxygens (including phenoxy) is 2. The van der Waals surface area contributed by atoms with Gasteiger partial charge in [-0.1, -0.05) is 12.1 Å². The maximum atomic E-state index is 12.7. The highest BCUT2D eigenvalue weighted by atomic mass is 16.5. The van der Waals surface area contributed by atoms with Gasteiger partial charge in [0.2, 0.25) is 5.95 Å². The molecule has 0 saturated heterocycles. The zero-order chi connectivity index (χ0) is 24.2. The molecule has 5 rings (SSSR count). The van der Waals surface area contributed by atoms with Crippen molar-refractivity contribution < 1.29 is 19.1 Å². The van der Waals surface area contributed by atoms with Crippen molar-refractivity contribution in [1.29, 1.82) is 0 Å². The molecular weight excluding hydrogens is 446 g/mol. The van der Waals surface area contributed by atoms with Crippen molar-refractivity contribution in [1.82, 2.24) is 15.0 Å². The molecule has 2 aromatic heterocycles. The molecule has 0 unspecified atom stereocenters. The molecule has 0 fully saturated rings. The van der Waals surface area contributed by atoms with Gasteiger partial charge in [-0.3, -0.25) is 9.78 Å². The fourth-order valence-electron chi connectivity index (χ4n) is 3.76.